The average Bonchev–Trinajstić information content (AvgIpc) is 2.60. The summed E-state index contributed by atoms with van der Waals surface area (Å²) < 4.78 is 5.55. The fourth-order valence-electron chi connectivity index (χ4n) is 4.42. The van der Waals surface area contributed by atoms with Crippen molar-refractivity contribution in [2.45, 2.75) is 58.5 Å². The van der Waals surface area contributed by atoms with Crippen LogP contribution in [0.15, 0.2) is 24.3 Å². The lowest BCUT2D eigenvalue weighted by molar-refractivity contribution is -0.128. The Balaban J connectivity index is 1.49. The van der Waals surface area contributed by atoms with Crippen LogP contribution in [-0.2, 0) is 9.59 Å². The van der Waals surface area contributed by atoms with Crippen LogP contribution in [0.2, 0.25) is 0 Å². The van der Waals surface area contributed by atoms with Crippen molar-refractivity contribution in [3.05, 3.63) is 29.8 Å². The van der Waals surface area contributed by atoms with Crippen molar-refractivity contribution >= 4 is 11.8 Å². The smallest absolute Gasteiger partial charge is 0.258 e. The van der Waals surface area contributed by atoms with Crippen LogP contribution >= 0.6 is 0 Å². The molecule has 3 rings (SSSR count). The number of amides is 2. The van der Waals surface area contributed by atoms with E-state index in [0.29, 0.717) is 29.9 Å². The lowest BCUT2D eigenvalue weighted by Crippen LogP contribution is -2.56. The molecule has 1 saturated heterocycles. The molecular weight excluding hydrogens is 328 g/mol. The second-order valence-corrected chi connectivity index (χ2v) is 8.13. The number of benzene rings is 1. The minimum absolute atomic E-state index is 0.0225. The number of ether oxygens (including phenoxy) is 1. The van der Waals surface area contributed by atoms with E-state index in [1.54, 1.807) is 0 Å². The highest BCUT2D eigenvalue weighted by Gasteiger charge is 2.41. The van der Waals surface area contributed by atoms with E-state index in [4.69, 9.17) is 4.74 Å². The lowest BCUT2D eigenvalue weighted by atomic mass is 9.67. The molecule has 26 heavy (non-hydrogen) atoms. The van der Waals surface area contributed by atoms with E-state index in [9.17, 15) is 9.59 Å². The first-order valence-electron chi connectivity index (χ1n) is 9.70. The number of hydrogen-bond donors (Lipinski definition) is 2. The van der Waals surface area contributed by atoms with E-state index in [0.717, 1.165) is 24.8 Å². The van der Waals surface area contributed by atoms with Crippen LogP contribution in [0.5, 0.6) is 5.75 Å². The van der Waals surface area contributed by atoms with Gasteiger partial charge in [-0.05, 0) is 56.1 Å². The Morgan fingerprint density at radius 1 is 1.27 bits per heavy atom. The molecule has 0 spiro atoms. The molecule has 0 aromatic heterocycles. The highest BCUT2D eigenvalue weighted by Crippen LogP contribution is 2.38. The number of rotatable bonds is 5. The third-order valence-electron chi connectivity index (χ3n) is 5.83. The summed E-state index contributed by atoms with van der Waals surface area (Å²) in [4.78, 5) is 24.3. The van der Waals surface area contributed by atoms with Gasteiger partial charge in [-0.1, -0.05) is 31.5 Å². The highest BCUT2D eigenvalue weighted by atomic mass is 16.5. The molecule has 1 aromatic carbocycles. The van der Waals surface area contributed by atoms with Crippen LogP contribution in [0.1, 0.15) is 45.1 Å². The van der Waals surface area contributed by atoms with Crippen LogP contribution in [0.4, 0.5) is 0 Å². The quantitative estimate of drug-likeness (QED) is 0.850. The van der Waals surface area contributed by atoms with E-state index < -0.39 is 0 Å². The molecule has 5 nitrogen and oxygen atoms in total. The van der Waals surface area contributed by atoms with Gasteiger partial charge in [0.2, 0.25) is 5.91 Å². The Morgan fingerprint density at radius 2 is 2.00 bits per heavy atom. The molecule has 2 aliphatic rings. The third-order valence-corrected chi connectivity index (χ3v) is 5.83. The van der Waals surface area contributed by atoms with Crippen molar-refractivity contribution in [1.29, 1.82) is 0 Å². The average molecular weight is 358 g/mol. The molecule has 4 unspecified atom stereocenters. The number of nitrogens with one attached hydrogen (secondary N) is 2. The monoisotopic (exact) mass is 358 g/mol. The zero-order valence-corrected chi connectivity index (χ0v) is 16.0. The molecule has 5 heteroatoms. The van der Waals surface area contributed by atoms with Gasteiger partial charge in [0.1, 0.15) is 5.75 Å². The predicted molar refractivity (Wildman–Crippen MR) is 101 cm³/mol. The number of fused-ring (bicyclic) bond motifs is 1. The van der Waals surface area contributed by atoms with Gasteiger partial charge in [-0.15, -0.1) is 0 Å². The second kappa shape index (κ2) is 8.11. The van der Waals surface area contributed by atoms with E-state index in [1.165, 1.54) is 0 Å². The van der Waals surface area contributed by atoms with Gasteiger partial charge < -0.3 is 15.4 Å². The van der Waals surface area contributed by atoms with Crippen molar-refractivity contribution in [2.75, 3.05) is 6.61 Å². The number of carbonyl (C=O) groups is 2. The molecule has 0 bridgehead atoms. The summed E-state index contributed by atoms with van der Waals surface area (Å²) in [5.74, 6) is 2.26. The summed E-state index contributed by atoms with van der Waals surface area (Å²) in [6.07, 6.45) is 3.48. The first kappa shape index (κ1) is 18.7. The minimum Gasteiger partial charge on any atom is -0.484 e. The predicted octanol–water partition coefficient (Wildman–Crippen LogP) is 2.82. The van der Waals surface area contributed by atoms with Crippen molar-refractivity contribution in [2.24, 2.45) is 17.8 Å². The second-order valence-electron chi connectivity index (χ2n) is 8.13. The molecule has 1 aliphatic heterocycles. The SMILES string of the molecule is Cc1ccc(OCC(=O)NC2CCC3C(C2)NC(=O)CC3C(C)C)cc1. The minimum atomic E-state index is -0.100. The first-order chi connectivity index (χ1) is 12.4. The maximum absolute atomic E-state index is 12.2. The highest BCUT2D eigenvalue weighted by molar-refractivity contribution is 5.78. The molecule has 4 atom stereocenters. The van der Waals surface area contributed by atoms with Gasteiger partial charge in [-0.3, -0.25) is 9.59 Å². The lowest BCUT2D eigenvalue weighted by Gasteiger charge is -2.45. The van der Waals surface area contributed by atoms with Gasteiger partial charge in [0, 0.05) is 18.5 Å². The van der Waals surface area contributed by atoms with Gasteiger partial charge in [0.15, 0.2) is 6.61 Å². The molecule has 1 saturated carbocycles. The van der Waals surface area contributed by atoms with Crippen LogP contribution in [0.25, 0.3) is 0 Å². The van der Waals surface area contributed by atoms with E-state index >= 15 is 0 Å². The van der Waals surface area contributed by atoms with Crippen LogP contribution in [0.3, 0.4) is 0 Å². The molecule has 1 heterocycles. The number of piperidine rings is 1. The number of carbonyl (C=O) groups excluding carboxylic acids is 2. The zero-order chi connectivity index (χ0) is 18.7. The van der Waals surface area contributed by atoms with Crippen molar-refractivity contribution in [3.63, 3.8) is 0 Å². The standard InChI is InChI=1S/C21H30N2O3/c1-13(2)18-11-20(24)23-19-10-15(6-9-17(18)19)22-21(25)12-26-16-7-4-14(3)5-8-16/h4-5,7-8,13,15,17-19H,6,9-12H2,1-3H3,(H,22,25)(H,23,24). The fourth-order valence-corrected chi connectivity index (χ4v) is 4.42. The van der Waals surface area contributed by atoms with E-state index in [1.807, 2.05) is 31.2 Å². The van der Waals surface area contributed by atoms with Gasteiger partial charge in [-0.25, -0.2) is 0 Å². The topological polar surface area (TPSA) is 67.4 Å². The summed E-state index contributed by atoms with van der Waals surface area (Å²) in [6, 6.07) is 7.96. The molecule has 2 N–H and O–H groups in total. The maximum Gasteiger partial charge on any atom is 0.258 e. The summed E-state index contributed by atoms with van der Waals surface area (Å²) in [5.41, 5.74) is 1.16. The summed E-state index contributed by atoms with van der Waals surface area (Å²) >= 11 is 0. The van der Waals surface area contributed by atoms with Crippen molar-refractivity contribution in [1.82, 2.24) is 10.6 Å². The molecule has 142 valence electrons. The fraction of sp³-hybridized carbons (Fsp3) is 0.619. The van der Waals surface area contributed by atoms with Gasteiger partial charge in [-0.2, -0.15) is 0 Å². The molecule has 2 fully saturated rings. The van der Waals surface area contributed by atoms with E-state index in [-0.39, 0.29) is 30.5 Å². The number of aryl methyl sites for hydroxylation is 1. The summed E-state index contributed by atoms with van der Waals surface area (Å²) in [5, 5.41) is 6.23. The maximum atomic E-state index is 12.2. The molecule has 1 aromatic rings. The Kier molecular flexibility index (Phi) is 5.84. The van der Waals surface area contributed by atoms with Crippen molar-refractivity contribution in [3.8, 4) is 5.75 Å². The van der Waals surface area contributed by atoms with Gasteiger partial charge >= 0.3 is 0 Å². The third kappa shape index (κ3) is 4.57. The zero-order valence-electron chi connectivity index (χ0n) is 16.0. The Bertz CT molecular complexity index is 641. The number of hydrogen-bond acceptors (Lipinski definition) is 3. The normalized spacial score (nSPS) is 28.2. The van der Waals surface area contributed by atoms with Crippen LogP contribution in [0, 0.1) is 24.7 Å². The Hall–Kier alpha value is -2.04. The molecule has 1 aliphatic carbocycles. The summed E-state index contributed by atoms with van der Waals surface area (Å²) in [6.45, 7) is 6.45. The van der Waals surface area contributed by atoms with E-state index in [2.05, 4.69) is 24.5 Å². The first-order valence-corrected chi connectivity index (χ1v) is 9.70. The van der Waals surface area contributed by atoms with Gasteiger partial charge in [0.05, 0.1) is 0 Å². The Labute approximate surface area is 155 Å². The molecule has 0 radical (unpaired) electrons. The summed E-state index contributed by atoms with van der Waals surface area (Å²) in [7, 11) is 0. The molecular formula is C21H30N2O3. The van der Waals surface area contributed by atoms with Gasteiger partial charge in [0.25, 0.3) is 5.91 Å². The molecule has 2 amide bonds. The Morgan fingerprint density at radius 3 is 2.69 bits per heavy atom. The van der Waals surface area contributed by atoms with Crippen LogP contribution < -0.4 is 15.4 Å². The largest absolute Gasteiger partial charge is 0.484 e. The van der Waals surface area contributed by atoms with Crippen molar-refractivity contribution < 1.29 is 14.3 Å². The van der Waals surface area contributed by atoms with Crippen LogP contribution in [-0.4, -0.2) is 30.5 Å².